The van der Waals surface area contributed by atoms with Crippen LogP contribution in [0.15, 0.2) is 47.6 Å². The van der Waals surface area contributed by atoms with Crippen molar-refractivity contribution in [2.24, 2.45) is 11.0 Å². The number of piperidine rings is 1. The number of esters is 1. The summed E-state index contributed by atoms with van der Waals surface area (Å²) in [4.78, 5) is 27.6. The van der Waals surface area contributed by atoms with E-state index in [1.807, 2.05) is 17.0 Å². The lowest BCUT2D eigenvalue weighted by Gasteiger charge is -2.32. The molecule has 2 aliphatic heterocycles. The van der Waals surface area contributed by atoms with E-state index in [0.29, 0.717) is 56.2 Å². The summed E-state index contributed by atoms with van der Waals surface area (Å²) in [7, 11) is 3.16. The molecule has 2 heterocycles. The summed E-state index contributed by atoms with van der Waals surface area (Å²) in [6.07, 6.45) is 1.78. The van der Waals surface area contributed by atoms with E-state index in [-0.39, 0.29) is 36.2 Å². The Hall–Kier alpha value is -3.46. The predicted molar refractivity (Wildman–Crippen MR) is 132 cm³/mol. The van der Waals surface area contributed by atoms with Gasteiger partial charge >= 0.3 is 5.97 Å². The molecule has 1 atom stereocenters. The number of rotatable bonds is 8. The van der Waals surface area contributed by atoms with Crippen molar-refractivity contribution in [3.8, 4) is 11.5 Å². The van der Waals surface area contributed by atoms with E-state index in [1.165, 1.54) is 17.1 Å². The van der Waals surface area contributed by atoms with Crippen LogP contribution in [0.2, 0.25) is 0 Å². The number of likely N-dealkylation sites (tertiary alicyclic amines) is 1. The molecule has 0 saturated carbocycles. The average molecular weight is 498 g/mol. The maximum absolute atomic E-state index is 13.5. The zero-order valence-corrected chi connectivity index (χ0v) is 20.9. The Kier molecular flexibility index (Phi) is 8.20. The molecule has 192 valence electrons. The van der Waals surface area contributed by atoms with Gasteiger partial charge in [0.2, 0.25) is 0 Å². The van der Waals surface area contributed by atoms with Crippen molar-refractivity contribution >= 4 is 17.6 Å². The van der Waals surface area contributed by atoms with Crippen LogP contribution in [0.1, 0.15) is 43.4 Å². The molecular weight excluding hydrogens is 465 g/mol. The van der Waals surface area contributed by atoms with Gasteiger partial charge in [-0.1, -0.05) is 12.1 Å². The monoisotopic (exact) mass is 497 g/mol. The number of hydrogen-bond donors (Lipinski definition) is 0. The maximum atomic E-state index is 13.5. The van der Waals surface area contributed by atoms with E-state index < -0.39 is 0 Å². The van der Waals surface area contributed by atoms with Gasteiger partial charge < -0.3 is 14.2 Å². The average Bonchev–Trinajstić information content (AvgIpc) is 3.34. The molecule has 0 N–H and O–H groups in total. The Labute approximate surface area is 210 Å². The minimum absolute atomic E-state index is 0.123. The number of carbonyl (C=O) groups is 2. The fourth-order valence-corrected chi connectivity index (χ4v) is 4.74. The molecule has 0 spiro atoms. The van der Waals surface area contributed by atoms with Gasteiger partial charge in [0, 0.05) is 18.1 Å². The van der Waals surface area contributed by atoms with Crippen molar-refractivity contribution in [3.05, 3.63) is 59.4 Å². The number of methoxy groups -OCH3 is 2. The molecule has 0 aliphatic carbocycles. The van der Waals surface area contributed by atoms with Gasteiger partial charge in [0.15, 0.2) is 0 Å². The molecule has 1 fully saturated rings. The molecule has 9 heteroatoms. The third-order valence-corrected chi connectivity index (χ3v) is 6.71. The molecule has 2 aromatic carbocycles. The Balaban J connectivity index is 1.54. The highest BCUT2D eigenvalue weighted by molar-refractivity contribution is 6.03. The maximum Gasteiger partial charge on any atom is 0.309 e. The van der Waals surface area contributed by atoms with Crippen molar-refractivity contribution in [2.75, 3.05) is 40.5 Å². The summed E-state index contributed by atoms with van der Waals surface area (Å²) in [6, 6.07) is 11.2. The lowest BCUT2D eigenvalue weighted by atomic mass is 9.96. The molecule has 0 radical (unpaired) electrons. The number of amides is 1. The van der Waals surface area contributed by atoms with Crippen LogP contribution < -0.4 is 9.47 Å². The molecule has 0 bridgehead atoms. The normalized spacial score (nSPS) is 18.6. The lowest BCUT2D eigenvalue weighted by molar-refractivity contribution is -0.149. The van der Waals surface area contributed by atoms with E-state index in [0.717, 1.165) is 11.1 Å². The quantitative estimate of drug-likeness (QED) is 0.516. The number of halogens is 1. The van der Waals surface area contributed by atoms with Crippen LogP contribution >= 0.6 is 0 Å². The first kappa shape index (κ1) is 25.6. The Morgan fingerprint density at radius 2 is 1.78 bits per heavy atom. The summed E-state index contributed by atoms with van der Waals surface area (Å²) in [5.41, 5.74) is 2.28. The molecule has 0 unspecified atom stereocenters. The highest BCUT2D eigenvalue weighted by atomic mass is 19.1. The summed E-state index contributed by atoms with van der Waals surface area (Å²) >= 11 is 0. The van der Waals surface area contributed by atoms with Gasteiger partial charge in [-0.2, -0.15) is 5.10 Å². The number of benzene rings is 2. The third-order valence-electron chi connectivity index (χ3n) is 6.71. The minimum atomic E-state index is -0.379. The zero-order chi connectivity index (χ0) is 25.7. The summed E-state index contributed by atoms with van der Waals surface area (Å²) < 4.78 is 29.6. The number of nitrogens with zero attached hydrogens (tertiary/aromatic N) is 3. The first-order chi connectivity index (χ1) is 17.4. The largest absolute Gasteiger partial charge is 0.497 e. The van der Waals surface area contributed by atoms with Crippen molar-refractivity contribution in [1.29, 1.82) is 0 Å². The standard InChI is InChI=1S/C27H32FN3O5/c1-4-36-27(33)19-11-13-30(14-12-19)17-26(32)31-24(22-10-9-21(34-2)15-25(22)35-3)16-23(29-31)18-5-7-20(28)8-6-18/h5-10,15,19,24H,4,11-14,16-17H2,1-3H3/t24-/m1/s1. The van der Waals surface area contributed by atoms with E-state index in [2.05, 4.69) is 5.10 Å². The highest BCUT2D eigenvalue weighted by Gasteiger charge is 2.36. The van der Waals surface area contributed by atoms with Crippen LogP contribution in [-0.2, 0) is 14.3 Å². The van der Waals surface area contributed by atoms with E-state index in [1.54, 1.807) is 39.3 Å². The molecule has 0 aromatic heterocycles. The summed E-state index contributed by atoms with van der Waals surface area (Å²) in [5, 5.41) is 6.20. The molecule has 4 rings (SSSR count). The first-order valence-corrected chi connectivity index (χ1v) is 12.2. The lowest BCUT2D eigenvalue weighted by Crippen LogP contribution is -2.43. The Bertz CT molecular complexity index is 1110. The molecule has 1 saturated heterocycles. The number of hydrazone groups is 1. The van der Waals surface area contributed by atoms with Gasteiger partial charge in [0.1, 0.15) is 17.3 Å². The van der Waals surface area contributed by atoms with Gasteiger partial charge in [-0.15, -0.1) is 0 Å². The minimum Gasteiger partial charge on any atom is -0.497 e. The first-order valence-electron chi connectivity index (χ1n) is 12.2. The molecular formula is C27H32FN3O5. The number of carbonyl (C=O) groups excluding carboxylic acids is 2. The van der Waals surface area contributed by atoms with Crippen molar-refractivity contribution in [2.45, 2.75) is 32.2 Å². The smallest absolute Gasteiger partial charge is 0.309 e. The van der Waals surface area contributed by atoms with E-state index in [9.17, 15) is 14.0 Å². The topological polar surface area (TPSA) is 80.7 Å². The molecule has 2 aromatic rings. The second kappa shape index (κ2) is 11.5. The van der Waals surface area contributed by atoms with Gasteiger partial charge in [-0.05, 0) is 62.7 Å². The molecule has 8 nitrogen and oxygen atoms in total. The molecule has 36 heavy (non-hydrogen) atoms. The van der Waals surface area contributed by atoms with Gasteiger partial charge in [-0.25, -0.2) is 9.40 Å². The van der Waals surface area contributed by atoms with Crippen LogP contribution in [0.5, 0.6) is 11.5 Å². The van der Waals surface area contributed by atoms with Crippen molar-refractivity contribution in [3.63, 3.8) is 0 Å². The molecule has 2 aliphatic rings. The summed E-state index contributed by atoms with van der Waals surface area (Å²) in [5.74, 6) is 0.485. The van der Waals surface area contributed by atoms with Crippen LogP contribution in [0.25, 0.3) is 0 Å². The van der Waals surface area contributed by atoms with Crippen molar-refractivity contribution < 1.29 is 28.2 Å². The van der Waals surface area contributed by atoms with Crippen LogP contribution in [0.3, 0.4) is 0 Å². The zero-order valence-electron chi connectivity index (χ0n) is 20.9. The number of ether oxygens (including phenoxy) is 3. The van der Waals surface area contributed by atoms with Crippen molar-refractivity contribution in [1.82, 2.24) is 9.91 Å². The predicted octanol–water partition coefficient (Wildman–Crippen LogP) is 3.80. The van der Waals surface area contributed by atoms with Crippen LogP contribution in [-0.4, -0.2) is 68.0 Å². The second-order valence-electron chi connectivity index (χ2n) is 8.92. The SMILES string of the molecule is CCOC(=O)C1CCN(CC(=O)N2N=C(c3ccc(F)cc3)C[C@@H]2c2ccc(OC)cc2OC)CC1. The Morgan fingerprint density at radius 1 is 1.06 bits per heavy atom. The van der Waals surface area contributed by atoms with E-state index in [4.69, 9.17) is 14.2 Å². The Morgan fingerprint density at radius 3 is 2.42 bits per heavy atom. The van der Waals surface area contributed by atoms with Crippen LogP contribution in [0.4, 0.5) is 4.39 Å². The van der Waals surface area contributed by atoms with Gasteiger partial charge in [-0.3, -0.25) is 14.5 Å². The number of hydrogen-bond acceptors (Lipinski definition) is 7. The third kappa shape index (κ3) is 5.67. The fourth-order valence-electron chi connectivity index (χ4n) is 4.74. The fraction of sp³-hybridized carbons (Fsp3) is 0.444. The van der Waals surface area contributed by atoms with Crippen LogP contribution in [0, 0.1) is 11.7 Å². The summed E-state index contributed by atoms with van der Waals surface area (Å²) in [6.45, 7) is 3.63. The van der Waals surface area contributed by atoms with Gasteiger partial charge in [0.05, 0.1) is 45.0 Å². The van der Waals surface area contributed by atoms with E-state index >= 15 is 0 Å². The van der Waals surface area contributed by atoms with Gasteiger partial charge in [0.25, 0.3) is 5.91 Å². The second-order valence-corrected chi connectivity index (χ2v) is 8.92. The molecule has 1 amide bonds. The highest BCUT2D eigenvalue weighted by Crippen LogP contribution is 2.39.